The largest absolute Gasteiger partial charge is 0.444 e. The van der Waals surface area contributed by atoms with Crippen LogP contribution in [0.25, 0.3) is 5.57 Å². The van der Waals surface area contributed by atoms with Crippen LogP contribution < -0.4 is 0 Å². The number of hydrogen-bond acceptors (Lipinski definition) is 3. The van der Waals surface area contributed by atoms with Crippen LogP contribution in [-0.4, -0.2) is 41.9 Å². The number of amides is 1. The van der Waals surface area contributed by atoms with Gasteiger partial charge >= 0.3 is 6.09 Å². The maximum absolute atomic E-state index is 12.6. The fourth-order valence-electron chi connectivity index (χ4n) is 3.28. The maximum Gasteiger partial charge on any atom is 0.411 e. The molecule has 0 N–H and O–H groups in total. The second kappa shape index (κ2) is 6.41. The van der Waals surface area contributed by atoms with Gasteiger partial charge < -0.3 is 9.47 Å². The van der Waals surface area contributed by atoms with E-state index in [0.29, 0.717) is 13.2 Å². The van der Waals surface area contributed by atoms with Crippen molar-refractivity contribution in [1.29, 1.82) is 0 Å². The molecule has 2 heterocycles. The predicted molar refractivity (Wildman–Crippen MR) is 95.3 cm³/mol. The van der Waals surface area contributed by atoms with Crippen molar-refractivity contribution < 1.29 is 14.3 Å². The number of hydrogen-bond donors (Lipinski definition) is 0. The third-order valence-electron chi connectivity index (χ3n) is 4.27. The minimum absolute atomic E-state index is 0.0184. The van der Waals surface area contributed by atoms with Crippen molar-refractivity contribution in [3.05, 3.63) is 40.4 Å². The van der Waals surface area contributed by atoms with Gasteiger partial charge in [0.05, 0.1) is 25.3 Å². The number of nitrogens with zero attached hydrogens (tertiary/aromatic N) is 1. The van der Waals surface area contributed by atoms with Crippen LogP contribution in [0.15, 0.2) is 24.3 Å². The number of carbonyl (C=O) groups excluding carboxylic acids is 1. The Labute approximate surface area is 148 Å². The van der Waals surface area contributed by atoms with Crippen molar-refractivity contribution in [1.82, 2.24) is 4.90 Å². The highest BCUT2D eigenvalue weighted by atomic mass is 35.5. The lowest BCUT2D eigenvalue weighted by molar-refractivity contribution is -0.0510. The van der Waals surface area contributed by atoms with Gasteiger partial charge in [0.2, 0.25) is 0 Å². The van der Waals surface area contributed by atoms with Gasteiger partial charge in [-0.15, -0.1) is 0 Å². The van der Waals surface area contributed by atoms with Gasteiger partial charge in [-0.3, -0.25) is 4.90 Å². The first-order valence-electron chi connectivity index (χ1n) is 8.31. The van der Waals surface area contributed by atoms with Crippen molar-refractivity contribution in [3.8, 4) is 0 Å². The predicted octanol–water partition coefficient (Wildman–Crippen LogP) is 4.44. The van der Waals surface area contributed by atoms with Crippen LogP contribution in [0.1, 0.15) is 38.3 Å². The Morgan fingerprint density at radius 2 is 2.08 bits per heavy atom. The van der Waals surface area contributed by atoms with Crippen LogP contribution in [0.4, 0.5) is 4.79 Å². The fraction of sp³-hybridized carbons (Fsp3) is 0.526. The van der Waals surface area contributed by atoms with Crippen molar-refractivity contribution in [2.75, 3.05) is 13.2 Å². The van der Waals surface area contributed by atoms with Gasteiger partial charge in [-0.2, -0.15) is 0 Å². The third kappa shape index (κ3) is 3.60. The van der Waals surface area contributed by atoms with E-state index in [1.807, 2.05) is 37.8 Å². The number of ether oxygens (including phenoxy) is 2. The topological polar surface area (TPSA) is 38.8 Å². The highest BCUT2D eigenvalue weighted by Gasteiger charge is 2.40. The van der Waals surface area contributed by atoms with E-state index in [9.17, 15) is 4.79 Å². The number of rotatable bonds is 1. The van der Waals surface area contributed by atoms with Crippen LogP contribution in [-0.2, 0) is 9.47 Å². The summed E-state index contributed by atoms with van der Waals surface area (Å²) in [6, 6.07) is 5.91. The SMILES string of the molecule is Cc1ccc(Cl)c(C2=CC3COCC(C2)N3C(=O)OC(C)(C)C)c1. The summed E-state index contributed by atoms with van der Waals surface area (Å²) in [5.74, 6) is 0. The molecule has 2 atom stereocenters. The highest BCUT2D eigenvalue weighted by molar-refractivity contribution is 6.32. The molecule has 4 nitrogen and oxygen atoms in total. The van der Waals surface area contributed by atoms with E-state index in [-0.39, 0.29) is 18.2 Å². The van der Waals surface area contributed by atoms with Gasteiger partial charge in [0.25, 0.3) is 0 Å². The molecule has 24 heavy (non-hydrogen) atoms. The number of fused-ring (bicyclic) bond motifs is 2. The Balaban J connectivity index is 1.90. The summed E-state index contributed by atoms with van der Waals surface area (Å²) in [6.45, 7) is 8.72. The molecule has 2 bridgehead atoms. The number of aryl methyl sites for hydroxylation is 1. The molecule has 2 unspecified atom stereocenters. The molecule has 5 heteroatoms. The zero-order valence-corrected chi connectivity index (χ0v) is 15.4. The summed E-state index contributed by atoms with van der Waals surface area (Å²) in [6.07, 6.45) is 2.55. The molecular formula is C19H24ClNO3. The number of carbonyl (C=O) groups is 1. The Hall–Kier alpha value is -1.52. The molecule has 1 fully saturated rings. The standard InChI is InChI=1S/C19H24ClNO3/c1-12-5-6-17(20)16(7-12)13-8-14-10-23-11-15(9-13)21(14)18(22)24-19(2,3)4/h5-8,14-15H,9-11H2,1-4H3. The van der Waals surface area contributed by atoms with Gasteiger partial charge in [0.1, 0.15) is 5.60 Å². The average molecular weight is 350 g/mol. The van der Waals surface area contributed by atoms with E-state index in [1.165, 1.54) is 11.1 Å². The first kappa shape index (κ1) is 17.3. The van der Waals surface area contributed by atoms with Gasteiger partial charge in [-0.25, -0.2) is 4.79 Å². The van der Waals surface area contributed by atoms with E-state index >= 15 is 0 Å². The maximum atomic E-state index is 12.6. The molecule has 2 aliphatic rings. The first-order valence-corrected chi connectivity index (χ1v) is 8.69. The summed E-state index contributed by atoms with van der Waals surface area (Å²) in [5, 5.41) is 0.747. The van der Waals surface area contributed by atoms with Crippen LogP contribution in [0.3, 0.4) is 0 Å². The van der Waals surface area contributed by atoms with Gasteiger partial charge in [-0.1, -0.05) is 35.4 Å². The monoisotopic (exact) mass is 349 g/mol. The fourth-order valence-corrected chi connectivity index (χ4v) is 3.52. The average Bonchev–Trinajstić information content (AvgIpc) is 2.46. The van der Waals surface area contributed by atoms with E-state index < -0.39 is 5.60 Å². The zero-order chi connectivity index (χ0) is 17.5. The third-order valence-corrected chi connectivity index (χ3v) is 4.60. The minimum atomic E-state index is -0.504. The molecule has 0 saturated carbocycles. The summed E-state index contributed by atoms with van der Waals surface area (Å²) < 4.78 is 11.2. The molecule has 1 aromatic rings. The first-order chi connectivity index (χ1) is 11.2. The molecule has 130 valence electrons. The van der Waals surface area contributed by atoms with E-state index in [0.717, 1.165) is 17.0 Å². The summed E-state index contributed by atoms with van der Waals surface area (Å²) in [4.78, 5) is 14.4. The van der Waals surface area contributed by atoms with Crippen LogP contribution in [0.2, 0.25) is 5.02 Å². The molecule has 1 saturated heterocycles. The molecule has 3 rings (SSSR count). The van der Waals surface area contributed by atoms with E-state index in [2.05, 4.69) is 19.1 Å². The van der Waals surface area contributed by atoms with E-state index in [4.69, 9.17) is 21.1 Å². The molecule has 0 aromatic heterocycles. The van der Waals surface area contributed by atoms with Crippen molar-refractivity contribution >= 4 is 23.3 Å². The number of benzene rings is 1. The van der Waals surface area contributed by atoms with Crippen molar-refractivity contribution in [2.24, 2.45) is 0 Å². The Morgan fingerprint density at radius 3 is 2.75 bits per heavy atom. The summed E-state index contributed by atoms with van der Waals surface area (Å²) in [7, 11) is 0. The molecule has 0 radical (unpaired) electrons. The molecule has 1 amide bonds. The minimum Gasteiger partial charge on any atom is -0.444 e. The molecule has 1 aromatic carbocycles. The quantitative estimate of drug-likeness (QED) is 0.752. The van der Waals surface area contributed by atoms with Crippen LogP contribution in [0, 0.1) is 6.92 Å². The lowest BCUT2D eigenvalue weighted by Crippen LogP contribution is -2.57. The van der Waals surface area contributed by atoms with Gasteiger partial charge in [-0.05, 0) is 51.3 Å². The Kier molecular flexibility index (Phi) is 4.63. The second-order valence-electron chi connectivity index (χ2n) is 7.53. The Bertz CT molecular complexity index is 678. The zero-order valence-electron chi connectivity index (χ0n) is 14.6. The number of halogens is 1. The van der Waals surface area contributed by atoms with Gasteiger partial charge in [0.15, 0.2) is 0 Å². The molecule has 0 aliphatic carbocycles. The summed E-state index contributed by atoms with van der Waals surface area (Å²) in [5.41, 5.74) is 2.90. The normalized spacial score (nSPS) is 23.7. The highest BCUT2D eigenvalue weighted by Crippen LogP contribution is 2.36. The summed E-state index contributed by atoms with van der Waals surface area (Å²) >= 11 is 6.39. The second-order valence-corrected chi connectivity index (χ2v) is 7.93. The van der Waals surface area contributed by atoms with E-state index in [1.54, 1.807) is 0 Å². The number of morpholine rings is 1. The van der Waals surface area contributed by atoms with Crippen LogP contribution in [0.5, 0.6) is 0 Å². The van der Waals surface area contributed by atoms with Crippen LogP contribution >= 0.6 is 11.6 Å². The van der Waals surface area contributed by atoms with Gasteiger partial charge in [0, 0.05) is 5.02 Å². The van der Waals surface area contributed by atoms with Crippen molar-refractivity contribution in [3.63, 3.8) is 0 Å². The Morgan fingerprint density at radius 1 is 1.33 bits per heavy atom. The van der Waals surface area contributed by atoms with Crippen molar-refractivity contribution in [2.45, 2.75) is 51.8 Å². The molecular weight excluding hydrogens is 326 g/mol. The lowest BCUT2D eigenvalue weighted by Gasteiger charge is -2.44. The molecule has 2 aliphatic heterocycles. The smallest absolute Gasteiger partial charge is 0.411 e. The lowest BCUT2D eigenvalue weighted by atomic mass is 9.89. The molecule has 0 spiro atoms.